The lowest BCUT2D eigenvalue weighted by atomic mass is 10.00. The van der Waals surface area contributed by atoms with Gasteiger partial charge < -0.3 is 14.5 Å². The maximum absolute atomic E-state index is 13.1. The number of ether oxygens (including phenoxy) is 1. The molecule has 3 heterocycles. The van der Waals surface area contributed by atoms with Crippen LogP contribution in [0.25, 0.3) is 0 Å². The van der Waals surface area contributed by atoms with Gasteiger partial charge in [0.05, 0.1) is 31.6 Å². The predicted molar refractivity (Wildman–Crippen MR) is 146 cm³/mol. The molecule has 0 fully saturated rings. The lowest BCUT2D eigenvalue weighted by molar-refractivity contribution is -0.137. The lowest BCUT2D eigenvalue weighted by Crippen LogP contribution is -2.41. The average Bonchev–Trinajstić information content (AvgIpc) is 2.94. The summed E-state index contributed by atoms with van der Waals surface area (Å²) in [5.74, 6) is 1.78. The molecule has 0 saturated heterocycles. The molecule has 0 saturated carbocycles. The molecule has 4 aromatic rings. The molecule has 0 spiro atoms. The summed E-state index contributed by atoms with van der Waals surface area (Å²) in [6, 6.07) is 13.9. The van der Waals surface area contributed by atoms with E-state index in [1.54, 1.807) is 19.2 Å². The van der Waals surface area contributed by atoms with Crippen LogP contribution in [-0.4, -0.2) is 41.6 Å². The Morgan fingerprint density at radius 1 is 1.02 bits per heavy atom. The molecule has 10 heteroatoms. The van der Waals surface area contributed by atoms with Gasteiger partial charge in [0.2, 0.25) is 0 Å². The van der Waals surface area contributed by atoms with E-state index < -0.39 is 17.5 Å². The average molecular weight is 548 g/mol. The SMILES string of the molecule is COc1ccc(CC(=O)c2cccc(C(F)(F)F)c2)cc1N1Cc2cnc(Cc3ccc(C)nc3)nc2N(C)C1. The van der Waals surface area contributed by atoms with Gasteiger partial charge in [-0.1, -0.05) is 24.3 Å². The van der Waals surface area contributed by atoms with Gasteiger partial charge in [0.15, 0.2) is 5.78 Å². The molecule has 0 amide bonds. The number of methoxy groups -OCH3 is 1. The monoisotopic (exact) mass is 547 g/mol. The third-order valence-corrected chi connectivity index (χ3v) is 6.79. The van der Waals surface area contributed by atoms with Crippen LogP contribution in [0.5, 0.6) is 5.75 Å². The van der Waals surface area contributed by atoms with E-state index in [-0.39, 0.29) is 12.0 Å². The van der Waals surface area contributed by atoms with Crippen molar-refractivity contribution in [1.29, 1.82) is 0 Å². The fourth-order valence-electron chi connectivity index (χ4n) is 4.73. The smallest absolute Gasteiger partial charge is 0.416 e. The highest BCUT2D eigenvalue weighted by molar-refractivity contribution is 5.97. The first-order valence-electron chi connectivity index (χ1n) is 12.7. The zero-order chi connectivity index (χ0) is 28.4. The third-order valence-electron chi connectivity index (χ3n) is 6.79. The number of fused-ring (bicyclic) bond motifs is 1. The first kappa shape index (κ1) is 27.1. The number of halogens is 3. The number of carbonyl (C=O) groups is 1. The highest BCUT2D eigenvalue weighted by Gasteiger charge is 2.31. The summed E-state index contributed by atoms with van der Waals surface area (Å²) in [7, 11) is 3.52. The van der Waals surface area contributed by atoms with Crippen LogP contribution in [0.3, 0.4) is 0 Å². The van der Waals surface area contributed by atoms with Crippen LogP contribution in [0.2, 0.25) is 0 Å². The van der Waals surface area contributed by atoms with Gasteiger partial charge in [0.1, 0.15) is 17.4 Å². The van der Waals surface area contributed by atoms with Crippen LogP contribution in [0.15, 0.2) is 67.0 Å². The summed E-state index contributed by atoms with van der Waals surface area (Å²) >= 11 is 0. The van der Waals surface area contributed by atoms with Crippen molar-refractivity contribution in [3.05, 3.63) is 106 Å². The molecule has 5 rings (SSSR count). The van der Waals surface area contributed by atoms with E-state index in [1.165, 1.54) is 12.1 Å². The number of anilines is 2. The number of aryl methyl sites for hydroxylation is 1. The highest BCUT2D eigenvalue weighted by atomic mass is 19.4. The number of nitrogens with zero attached hydrogens (tertiary/aromatic N) is 5. The molecule has 2 aromatic heterocycles. The van der Waals surface area contributed by atoms with Crippen LogP contribution in [-0.2, 0) is 25.6 Å². The van der Waals surface area contributed by atoms with Crippen molar-refractivity contribution in [1.82, 2.24) is 15.0 Å². The fourth-order valence-corrected chi connectivity index (χ4v) is 4.73. The summed E-state index contributed by atoms with van der Waals surface area (Å²) in [6.45, 7) is 2.98. The molecule has 0 bridgehead atoms. The number of hydrogen-bond donors (Lipinski definition) is 0. The van der Waals surface area contributed by atoms with Crippen LogP contribution in [0, 0.1) is 6.92 Å². The van der Waals surface area contributed by atoms with Gasteiger partial charge in [-0.3, -0.25) is 9.78 Å². The van der Waals surface area contributed by atoms with Crippen molar-refractivity contribution < 1.29 is 22.7 Å². The van der Waals surface area contributed by atoms with E-state index in [9.17, 15) is 18.0 Å². The van der Waals surface area contributed by atoms with Gasteiger partial charge >= 0.3 is 6.18 Å². The zero-order valence-corrected chi connectivity index (χ0v) is 22.4. The van der Waals surface area contributed by atoms with E-state index in [1.807, 2.05) is 49.5 Å². The van der Waals surface area contributed by atoms with E-state index in [4.69, 9.17) is 9.72 Å². The number of pyridine rings is 1. The van der Waals surface area contributed by atoms with Gasteiger partial charge in [-0.25, -0.2) is 9.97 Å². The summed E-state index contributed by atoms with van der Waals surface area (Å²) in [6.07, 6.45) is -0.314. The van der Waals surface area contributed by atoms with E-state index in [2.05, 4.69) is 14.9 Å². The summed E-state index contributed by atoms with van der Waals surface area (Å²) in [4.78, 5) is 30.7. The molecule has 1 aliphatic heterocycles. The molecular formula is C30H28F3N5O2. The standard InChI is InChI=1S/C30H28F3N5O2/c1-19-7-8-21(15-34-19)13-28-35-16-23-17-38(18-37(2)29(23)36-28)25-11-20(9-10-27(25)40-3)12-26(39)22-5-4-6-24(14-22)30(31,32)33/h4-11,14-16H,12-13,17-18H2,1-3H3. The topological polar surface area (TPSA) is 71.5 Å². The minimum Gasteiger partial charge on any atom is -0.495 e. The molecule has 0 aliphatic carbocycles. The fraction of sp³-hybridized carbons (Fsp3) is 0.267. The van der Waals surface area contributed by atoms with Crippen molar-refractivity contribution in [2.75, 3.05) is 30.6 Å². The number of benzene rings is 2. The number of aromatic nitrogens is 3. The van der Waals surface area contributed by atoms with Crippen LogP contribution >= 0.6 is 0 Å². The van der Waals surface area contributed by atoms with Crippen LogP contribution < -0.4 is 14.5 Å². The Labute approximate surface area is 230 Å². The Hall–Kier alpha value is -4.47. The molecular weight excluding hydrogens is 519 g/mol. The first-order valence-corrected chi connectivity index (χ1v) is 12.7. The van der Waals surface area contributed by atoms with Crippen LogP contribution in [0.1, 0.15) is 44.1 Å². The van der Waals surface area contributed by atoms with Gasteiger partial charge in [-0.2, -0.15) is 13.2 Å². The molecule has 0 N–H and O–H groups in total. The normalized spacial score (nSPS) is 13.2. The lowest BCUT2D eigenvalue weighted by Gasteiger charge is -2.37. The Kier molecular flexibility index (Phi) is 7.42. The van der Waals surface area contributed by atoms with Gasteiger partial charge in [0, 0.05) is 49.1 Å². The maximum Gasteiger partial charge on any atom is 0.416 e. The van der Waals surface area contributed by atoms with Crippen molar-refractivity contribution in [3.63, 3.8) is 0 Å². The van der Waals surface area contributed by atoms with Crippen molar-refractivity contribution in [2.45, 2.75) is 32.5 Å². The summed E-state index contributed by atoms with van der Waals surface area (Å²) in [5, 5.41) is 0. The minimum atomic E-state index is -4.51. The quantitative estimate of drug-likeness (QED) is 0.278. The summed E-state index contributed by atoms with van der Waals surface area (Å²) < 4.78 is 45.0. The second kappa shape index (κ2) is 11.0. The van der Waals surface area contributed by atoms with E-state index in [0.29, 0.717) is 36.8 Å². The second-order valence-corrected chi connectivity index (χ2v) is 9.84. The number of hydrogen-bond acceptors (Lipinski definition) is 7. The van der Waals surface area contributed by atoms with Gasteiger partial charge in [0.25, 0.3) is 0 Å². The van der Waals surface area contributed by atoms with E-state index in [0.717, 1.165) is 40.5 Å². The van der Waals surface area contributed by atoms with Crippen LogP contribution in [0.4, 0.5) is 24.7 Å². The predicted octanol–water partition coefficient (Wildman–Crippen LogP) is 5.64. The number of ketones is 1. The molecule has 206 valence electrons. The molecule has 0 unspecified atom stereocenters. The molecule has 1 aliphatic rings. The number of carbonyl (C=O) groups excluding carboxylic acids is 1. The Morgan fingerprint density at radius 3 is 2.55 bits per heavy atom. The largest absolute Gasteiger partial charge is 0.495 e. The maximum atomic E-state index is 13.1. The number of alkyl halides is 3. The van der Waals surface area contributed by atoms with Gasteiger partial charge in [-0.15, -0.1) is 0 Å². The third kappa shape index (κ3) is 5.90. The minimum absolute atomic E-state index is 0.0215. The molecule has 40 heavy (non-hydrogen) atoms. The Bertz CT molecular complexity index is 1540. The summed E-state index contributed by atoms with van der Waals surface area (Å²) in [5.41, 5.74) is 3.54. The molecule has 7 nitrogen and oxygen atoms in total. The Balaban J connectivity index is 1.36. The van der Waals surface area contributed by atoms with Gasteiger partial charge in [-0.05, 0) is 48.4 Å². The first-order chi connectivity index (χ1) is 19.1. The van der Waals surface area contributed by atoms with Crippen molar-refractivity contribution >= 4 is 17.3 Å². The second-order valence-electron chi connectivity index (χ2n) is 9.84. The number of Topliss-reactive ketones (excluding diaryl/α,β-unsaturated/α-hetero) is 1. The van der Waals surface area contributed by atoms with Crippen molar-refractivity contribution in [3.8, 4) is 5.75 Å². The Morgan fingerprint density at radius 2 is 1.82 bits per heavy atom. The molecule has 2 aromatic carbocycles. The van der Waals surface area contributed by atoms with E-state index >= 15 is 0 Å². The van der Waals surface area contributed by atoms with Crippen molar-refractivity contribution in [2.24, 2.45) is 0 Å². The number of rotatable bonds is 7. The zero-order valence-electron chi connectivity index (χ0n) is 22.4. The molecule has 0 atom stereocenters. The highest BCUT2D eigenvalue weighted by Crippen LogP contribution is 2.35. The molecule has 0 radical (unpaired) electrons.